The highest BCUT2D eigenvalue weighted by Crippen LogP contribution is 2.24. The van der Waals surface area contributed by atoms with Gasteiger partial charge in [0.1, 0.15) is 0 Å². The summed E-state index contributed by atoms with van der Waals surface area (Å²) in [4.78, 5) is 0.265. The number of sulfonamides is 1. The van der Waals surface area contributed by atoms with Gasteiger partial charge >= 0.3 is 0 Å². The summed E-state index contributed by atoms with van der Waals surface area (Å²) in [7, 11) is -3.59. The Kier molecular flexibility index (Phi) is 3.83. The van der Waals surface area contributed by atoms with Gasteiger partial charge < -0.3 is 5.73 Å². The molecule has 0 aromatic heterocycles. The van der Waals surface area contributed by atoms with Crippen LogP contribution in [0.1, 0.15) is 5.56 Å². The topological polar surface area (TPSA) is 72.2 Å². The van der Waals surface area contributed by atoms with E-state index in [1.54, 1.807) is 30.3 Å². The lowest BCUT2D eigenvalue weighted by Gasteiger charge is -2.10. The van der Waals surface area contributed by atoms with Gasteiger partial charge in [0, 0.05) is 17.6 Å². The van der Waals surface area contributed by atoms with E-state index in [4.69, 9.17) is 5.73 Å². The predicted molar refractivity (Wildman–Crippen MR) is 88.8 cm³/mol. The normalized spacial score (nSPS) is 11.6. The summed E-state index contributed by atoms with van der Waals surface area (Å²) in [6, 6.07) is 19.8. The zero-order valence-corrected chi connectivity index (χ0v) is 12.7. The van der Waals surface area contributed by atoms with Gasteiger partial charge in [-0.25, -0.2) is 13.1 Å². The molecule has 4 nitrogen and oxygen atoms in total. The molecular formula is C17H16N2O2S. The van der Waals surface area contributed by atoms with E-state index in [1.165, 1.54) is 0 Å². The van der Waals surface area contributed by atoms with Gasteiger partial charge in [0.2, 0.25) is 10.0 Å². The molecule has 3 N–H and O–H groups in total. The lowest BCUT2D eigenvalue weighted by molar-refractivity contribution is 0.582. The summed E-state index contributed by atoms with van der Waals surface area (Å²) in [6.07, 6.45) is 0. The summed E-state index contributed by atoms with van der Waals surface area (Å²) in [5.74, 6) is 0. The molecule has 0 aliphatic carbocycles. The molecule has 0 aliphatic rings. The number of nitrogens with one attached hydrogen (secondary N) is 1. The number of nitrogens with two attached hydrogens (primary N) is 1. The summed E-state index contributed by atoms with van der Waals surface area (Å²) in [5.41, 5.74) is 7.28. The molecular weight excluding hydrogens is 296 g/mol. The van der Waals surface area contributed by atoms with E-state index in [2.05, 4.69) is 4.72 Å². The van der Waals surface area contributed by atoms with Gasteiger partial charge in [-0.2, -0.15) is 0 Å². The maximum Gasteiger partial charge on any atom is 0.241 e. The van der Waals surface area contributed by atoms with E-state index >= 15 is 0 Å². The highest BCUT2D eigenvalue weighted by atomic mass is 32.2. The third kappa shape index (κ3) is 2.95. The number of anilines is 1. The maximum atomic E-state index is 12.6. The molecule has 0 bridgehead atoms. The lowest BCUT2D eigenvalue weighted by atomic mass is 10.1. The highest BCUT2D eigenvalue weighted by Gasteiger charge is 2.16. The number of nitrogen functional groups attached to an aromatic ring is 1. The van der Waals surface area contributed by atoms with Crippen molar-refractivity contribution in [2.45, 2.75) is 11.4 Å². The molecule has 0 spiro atoms. The van der Waals surface area contributed by atoms with Gasteiger partial charge in [-0.15, -0.1) is 0 Å². The third-order valence-corrected chi connectivity index (χ3v) is 4.92. The number of benzene rings is 3. The van der Waals surface area contributed by atoms with Crippen molar-refractivity contribution in [3.63, 3.8) is 0 Å². The van der Waals surface area contributed by atoms with Crippen molar-refractivity contribution in [1.82, 2.24) is 4.72 Å². The lowest BCUT2D eigenvalue weighted by Crippen LogP contribution is -2.23. The Labute approximate surface area is 129 Å². The van der Waals surface area contributed by atoms with Crippen LogP contribution in [0.25, 0.3) is 10.8 Å². The molecule has 3 aromatic carbocycles. The Bertz CT molecular complexity index is 906. The average molecular weight is 312 g/mol. The first-order valence-electron chi connectivity index (χ1n) is 6.88. The van der Waals surface area contributed by atoms with Gasteiger partial charge in [-0.1, -0.05) is 48.5 Å². The Morgan fingerprint density at radius 1 is 0.909 bits per heavy atom. The van der Waals surface area contributed by atoms with E-state index in [0.717, 1.165) is 10.9 Å². The van der Waals surface area contributed by atoms with Gasteiger partial charge in [-0.3, -0.25) is 0 Å². The molecule has 0 unspecified atom stereocenters. The Morgan fingerprint density at radius 3 is 2.45 bits per heavy atom. The minimum Gasteiger partial charge on any atom is -0.399 e. The summed E-state index contributed by atoms with van der Waals surface area (Å²) in [5, 5.41) is 1.47. The molecule has 3 aromatic rings. The third-order valence-electron chi connectivity index (χ3n) is 3.46. The SMILES string of the molecule is Nc1ccc2c(S(=O)(=O)NCc3ccccc3)cccc2c1. The van der Waals surface area contributed by atoms with Crippen LogP contribution in [0.3, 0.4) is 0 Å². The minimum atomic E-state index is -3.59. The molecule has 0 saturated heterocycles. The summed E-state index contributed by atoms with van der Waals surface area (Å²) < 4.78 is 27.8. The van der Waals surface area contributed by atoms with E-state index in [9.17, 15) is 8.42 Å². The molecule has 0 heterocycles. The molecule has 5 heteroatoms. The first-order chi connectivity index (χ1) is 10.6. The van der Waals surface area contributed by atoms with Crippen LogP contribution in [-0.4, -0.2) is 8.42 Å². The maximum absolute atomic E-state index is 12.6. The van der Waals surface area contributed by atoms with Crippen molar-refractivity contribution in [3.05, 3.63) is 72.3 Å². The van der Waals surface area contributed by atoms with Gasteiger partial charge in [0.15, 0.2) is 0 Å². The van der Waals surface area contributed by atoms with Crippen molar-refractivity contribution in [3.8, 4) is 0 Å². The summed E-state index contributed by atoms with van der Waals surface area (Å²) in [6.45, 7) is 0.258. The molecule has 0 aliphatic heterocycles. The molecule has 0 amide bonds. The molecule has 0 fully saturated rings. The van der Waals surface area contributed by atoms with Crippen molar-refractivity contribution in [1.29, 1.82) is 0 Å². The minimum absolute atomic E-state index is 0.258. The monoisotopic (exact) mass is 312 g/mol. The second-order valence-electron chi connectivity index (χ2n) is 5.05. The predicted octanol–water partition coefficient (Wildman–Crippen LogP) is 2.90. The van der Waals surface area contributed by atoms with Gasteiger partial charge in [0.25, 0.3) is 0 Å². The first-order valence-corrected chi connectivity index (χ1v) is 8.36. The number of fused-ring (bicyclic) bond motifs is 1. The van der Waals surface area contributed by atoms with Crippen molar-refractivity contribution < 1.29 is 8.42 Å². The molecule has 0 radical (unpaired) electrons. The molecule has 112 valence electrons. The first kappa shape index (κ1) is 14.6. The standard InChI is InChI=1S/C17H16N2O2S/c18-15-9-10-16-14(11-15)7-4-8-17(16)22(20,21)19-12-13-5-2-1-3-6-13/h1-11,19H,12,18H2. The fraction of sp³-hybridized carbons (Fsp3) is 0.0588. The van der Waals surface area contributed by atoms with E-state index in [-0.39, 0.29) is 11.4 Å². The van der Waals surface area contributed by atoms with Crippen LogP contribution in [-0.2, 0) is 16.6 Å². The largest absolute Gasteiger partial charge is 0.399 e. The van der Waals surface area contributed by atoms with Crippen LogP contribution in [0.5, 0.6) is 0 Å². The van der Waals surface area contributed by atoms with Gasteiger partial charge in [-0.05, 0) is 29.1 Å². The highest BCUT2D eigenvalue weighted by molar-refractivity contribution is 7.89. The Hall–Kier alpha value is -2.37. The fourth-order valence-electron chi connectivity index (χ4n) is 2.36. The van der Waals surface area contributed by atoms with Crippen molar-refractivity contribution in [2.75, 3.05) is 5.73 Å². The quantitative estimate of drug-likeness (QED) is 0.728. The van der Waals surface area contributed by atoms with Crippen LogP contribution in [0, 0.1) is 0 Å². The zero-order chi connectivity index (χ0) is 15.6. The zero-order valence-electron chi connectivity index (χ0n) is 11.9. The number of hydrogen-bond acceptors (Lipinski definition) is 3. The van der Waals surface area contributed by atoms with E-state index in [0.29, 0.717) is 11.1 Å². The van der Waals surface area contributed by atoms with E-state index < -0.39 is 10.0 Å². The Balaban J connectivity index is 1.95. The second-order valence-corrected chi connectivity index (χ2v) is 6.78. The molecule has 0 saturated carbocycles. The second kappa shape index (κ2) is 5.79. The van der Waals surface area contributed by atoms with Crippen LogP contribution in [0.15, 0.2) is 71.6 Å². The molecule has 0 atom stereocenters. The smallest absolute Gasteiger partial charge is 0.241 e. The van der Waals surface area contributed by atoms with Gasteiger partial charge in [0.05, 0.1) is 4.90 Å². The summed E-state index contributed by atoms with van der Waals surface area (Å²) >= 11 is 0. The van der Waals surface area contributed by atoms with Crippen LogP contribution in [0.4, 0.5) is 5.69 Å². The van der Waals surface area contributed by atoms with Crippen LogP contribution in [0.2, 0.25) is 0 Å². The number of rotatable bonds is 4. The molecule has 3 rings (SSSR count). The van der Waals surface area contributed by atoms with Crippen molar-refractivity contribution in [2.24, 2.45) is 0 Å². The van der Waals surface area contributed by atoms with Crippen LogP contribution < -0.4 is 10.5 Å². The van der Waals surface area contributed by atoms with Crippen molar-refractivity contribution >= 4 is 26.5 Å². The molecule has 22 heavy (non-hydrogen) atoms. The van der Waals surface area contributed by atoms with Crippen LogP contribution >= 0.6 is 0 Å². The van der Waals surface area contributed by atoms with E-state index in [1.807, 2.05) is 36.4 Å². The Morgan fingerprint density at radius 2 is 1.68 bits per heavy atom. The number of hydrogen-bond donors (Lipinski definition) is 2. The fourth-order valence-corrected chi connectivity index (χ4v) is 3.60. The average Bonchev–Trinajstić information content (AvgIpc) is 2.53.